The van der Waals surface area contributed by atoms with Crippen molar-refractivity contribution >= 4 is 11.7 Å². The van der Waals surface area contributed by atoms with Gasteiger partial charge in [-0.2, -0.15) is 22.0 Å². The minimum Gasteiger partial charge on any atom is -0.305 e. The van der Waals surface area contributed by atoms with Gasteiger partial charge in [0.1, 0.15) is 5.82 Å². The fourth-order valence-corrected chi connectivity index (χ4v) is 1.23. The van der Waals surface area contributed by atoms with Crippen molar-refractivity contribution in [1.82, 2.24) is 4.98 Å². The molecule has 0 saturated heterocycles. The van der Waals surface area contributed by atoms with E-state index in [4.69, 9.17) is 0 Å². The molecule has 1 aromatic heterocycles. The van der Waals surface area contributed by atoms with Crippen LogP contribution in [0.1, 0.15) is 11.3 Å². The van der Waals surface area contributed by atoms with Gasteiger partial charge in [-0.3, -0.25) is 4.79 Å². The molecule has 100 valence electrons. The van der Waals surface area contributed by atoms with Crippen molar-refractivity contribution in [2.45, 2.75) is 25.9 Å². The van der Waals surface area contributed by atoms with Crippen LogP contribution in [0, 0.1) is 13.8 Å². The number of carbonyl (C=O) groups excluding carboxylic acids is 1. The van der Waals surface area contributed by atoms with Gasteiger partial charge in [0.2, 0.25) is 0 Å². The number of nitrogens with one attached hydrogen (secondary N) is 1. The average Bonchev–Trinajstić information content (AvgIpc) is 2.13. The molecule has 1 aromatic rings. The number of pyridine rings is 1. The van der Waals surface area contributed by atoms with Crippen LogP contribution in [0.25, 0.3) is 0 Å². The highest BCUT2D eigenvalue weighted by molar-refractivity contribution is 5.96. The monoisotopic (exact) mass is 268 g/mol. The van der Waals surface area contributed by atoms with Gasteiger partial charge in [-0.25, -0.2) is 4.98 Å². The Balaban J connectivity index is 2.95. The van der Waals surface area contributed by atoms with E-state index in [0.717, 1.165) is 0 Å². The second-order valence-corrected chi connectivity index (χ2v) is 3.70. The highest BCUT2D eigenvalue weighted by Gasteiger charge is 2.63. The van der Waals surface area contributed by atoms with Crippen LogP contribution in [0.3, 0.4) is 0 Å². The lowest BCUT2D eigenvalue weighted by molar-refractivity contribution is -0.267. The summed E-state index contributed by atoms with van der Waals surface area (Å²) >= 11 is 0. The van der Waals surface area contributed by atoms with Crippen LogP contribution in [0.4, 0.5) is 27.8 Å². The summed E-state index contributed by atoms with van der Waals surface area (Å²) in [5.74, 6) is -8.25. The summed E-state index contributed by atoms with van der Waals surface area (Å²) in [6.45, 7) is 3.11. The molecule has 0 aliphatic rings. The lowest BCUT2D eigenvalue weighted by atomic mass is 10.2. The lowest BCUT2D eigenvalue weighted by Crippen LogP contribution is -2.47. The summed E-state index contributed by atoms with van der Waals surface area (Å²) in [6, 6.07) is 2.77. The highest BCUT2D eigenvalue weighted by Crippen LogP contribution is 2.36. The molecule has 0 radical (unpaired) electrons. The second kappa shape index (κ2) is 4.51. The number of nitrogens with zero attached hydrogens (tertiary/aromatic N) is 1. The molecule has 0 spiro atoms. The zero-order chi connectivity index (χ0) is 14.1. The number of hydrogen-bond acceptors (Lipinski definition) is 2. The van der Waals surface area contributed by atoms with Gasteiger partial charge in [0.05, 0.1) is 0 Å². The van der Waals surface area contributed by atoms with E-state index in [1.165, 1.54) is 18.3 Å². The number of halogens is 5. The topological polar surface area (TPSA) is 42.0 Å². The van der Waals surface area contributed by atoms with Gasteiger partial charge >= 0.3 is 18.0 Å². The van der Waals surface area contributed by atoms with E-state index in [2.05, 4.69) is 4.98 Å². The summed E-state index contributed by atoms with van der Waals surface area (Å²) in [7, 11) is 0. The third kappa shape index (κ3) is 2.93. The molecule has 1 rings (SSSR count). The van der Waals surface area contributed by atoms with Crippen LogP contribution in [-0.2, 0) is 4.79 Å². The number of carbonyl (C=O) groups is 1. The van der Waals surface area contributed by atoms with Gasteiger partial charge in [0.15, 0.2) is 0 Å². The number of anilines is 1. The predicted octanol–water partition coefficient (Wildman–Crippen LogP) is 2.83. The molecule has 0 bridgehead atoms. The van der Waals surface area contributed by atoms with E-state index < -0.39 is 18.0 Å². The van der Waals surface area contributed by atoms with Crippen molar-refractivity contribution in [3.05, 3.63) is 23.4 Å². The van der Waals surface area contributed by atoms with Crippen molar-refractivity contribution in [1.29, 1.82) is 0 Å². The summed E-state index contributed by atoms with van der Waals surface area (Å²) < 4.78 is 61.0. The molecule has 1 amide bonds. The lowest BCUT2D eigenvalue weighted by Gasteiger charge is -2.18. The van der Waals surface area contributed by atoms with E-state index in [1.807, 2.05) is 0 Å². The molecule has 1 heterocycles. The van der Waals surface area contributed by atoms with E-state index in [0.29, 0.717) is 11.3 Å². The molecular formula is C10H9F5N2O. The van der Waals surface area contributed by atoms with Crippen molar-refractivity contribution in [3.8, 4) is 0 Å². The highest BCUT2D eigenvalue weighted by atomic mass is 19.4. The molecule has 0 fully saturated rings. The molecular weight excluding hydrogens is 259 g/mol. The number of aryl methyl sites for hydroxylation is 2. The Morgan fingerprint density at radius 2 is 1.72 bits per heavy atom. The quantitative estimate of drug-likeness (QED) is 0.838. The van der Waals surface area contributed by atoms with Crippen LogP contribution in [0.15, 0.2) is 12.1 Å². The van der Waals surface area contributed by atoms with E-state index in [1.54, 1.807) is 13.0 Å². The first kappa shape index (κ1) is 14.3. The predicted molar refractivity (Wildman–Crippen MR) is 53.3 cm³/mol. The Labute approximate surface area is 99.0 Å². The molecule has 18 heavy (non-hydrogen) atoms. The number of rotatable bonds is 2. The smallest absolute Gasteiger partial charge is 0.305 e. The standard InChI is InChI=1S/C10H9F5N2O/c1-5-3-6(2)16-7(4-5)17-8(18)9(11,12)10(13,14)15/h3-4H,1-2H3,(H,16,17,18). The summed E-state index contributed by atoms with van der Waals surface area (Å²) in [5, 5.41) is 1.45. The summed E-state index contributed by atoms with van der Waals surface area (Å²) in [5.41, 5.74) is 0.966. The molecule has 0 unspecified atom stereocenters. The zero-order valence-corrected chi connectivity index (χ0v) is 9.40. The second-order valence-electron chi connectivity index (χ2n) is 3.70. The van der Waals surface area contributed by atoms with Gasteiger partial charge in [-0.15, -0.1) is 0 Å². The molecule has 3 nitrogen and oxygen atoms in total. The van der Waals surface area contributed by atoms with Gasteiger partial charge in [0, 0.05) is 5.69 Å². The van der Waals surface area contributed by atoms with E-state index in [-0.39, 0.29) is 5.82 Å². The SMILES string of the molecule is Cc1cc(C)nc(NC(=O)C(F)(F)C(F)(F)F)c1. The zero-order valence-electron chi connectivity index (χ0n) is 9.40. The van der Waals surface area contributed by atoms with Crippen molar-refractivity contribution in [2.75, 3.05) is 5.32 Å². The fraction of sp³-hybridized carbons (Fsp3) is 0.400. The summed E-state index contributed by atoms with van der Waals surface area (Å²) in [4.78, 5) is 14.5. The first-order chi connectivity index (χ1) is 8.04. The molecule has 0 aliphatic carbocycles. The first-order valence-electron chi connectivity index (χ1n) is 4.75. The van der Waals surface area contributed by atoms with Gasteiger partial charge in [-0.1, -0.05) is 0 Å². The van der Waals surface area contributed by atoms with Crippen LogP contribution in [-0.4, -0.2) is 23.0 Å². The Hall–Kier alpha value is -1.73. The Morgan fingerprint density at radius 1 is 1.17 bits per heavy atom. The largest absolute Gasteiger partial charge is 0.463 e. The van der Waals surface area contributed by atoms with Gasteiger partial charge in [-0.05, 0) is 31.5 Å². The normalized spacial score (nSPS) is 12.4. The van der Waals surface area contributed by atoms with Crippen molar-refractivity contribution < 1.29 is 26.7 Å². The third-order valence-corrected chi connectivity index (χ3v) is 1.98. The van der Waals surface area contributed by atoms with Crippen LogP contribution < -0.4 is 5.32 Å². The number of aromatic nitrogens is 1. The molecule has 0 saturated carbocycles. The maximum Gasteiger partial charge on any atom is 0.463 e. The van der Waals surface area contributed by atoms with Gasteiger partial charge < -0.3 is 5.32 Å². The minimum atomic E-state index is -5.93. The maximum absolute atomic E-state index is 12.6. The van der Waals surface area contributed by atoms with Crippen LogP contribution >= 0.6 is 0 Å². The molecule has 1 N–H and O–H groups in total. The number of hydrogen-bond donors (Lipinski definition) is 1. The van der Waals surface area contributed by atoms with E-state index >= 15 is 0 Å². The molecule has 8 heteroatoms. The molecule has 0 aliphatic heterocycles. The van der Waals surface area contributed by atoms with Gasteiger partial charge in [0.25, 0.3) is 0 Å². The van der Waals surface area contributed by atoms with Crippen molar-refractivity contribution in [2.24, 2.45) is 0 Å². The Morgan fingerprint density at radius 3 is 2.17 bits per heavy atom. The Kier molecular flexibility index (Phi) is 3.59. The average molecular weight is 268 g/mol. The summed E-state index contributed by atoms with van der Waals surface area (Å²) in [6.07, 6.45) is -5.93. The fourth-order valence-electron chi connectivity index (χ4n) is 1.23. The number of alkyl halides is 5. The van der Waals surface area contributed by atoms with Crippen molar-refractivity contribution in [3.63, 3.8) is 0 Å². The number of amides is 1. The Bertz CT molecular complexity index is 450. The molecule has 0 aromatic carbocycles. The first-order valence-corrected chi connectivity index (χ1v) is 4.75. The third-order valence-electron chi connectivity index (χ3n) is 1.98. The van der Waals surface area contributed by atoms with E-state index in [9.17, 15) is 26.7 Å². The maximum atomic E-state index is 12.6. The van der Waals surface area contributed by atoms with Crippen LogP contribution in [0.2, 0.25) is 0 Å². The molecule has 0 atom stereocenters. The minimum absolute atomic E-state index is 0.346. The van der Waals surface area contributed by atoms with Crippen LogP contribution in [0.5, 0.6) is 0 Å².